The molecule has 0 radical (unpaired) electrons. The third kappa shape index (κ3) is 5.94. The minimum atomic E-state index is -1.11. The second-order valence-electron chi connectivity index (χ2n) is 5.15. The number of hydrogen-bond acceptors (Lipinski definition) is 3. The molecule has 0 aliphatic rings. The lowest BCUT2D eigenvalue weighted by molar-refractivity contribution is -0.124. The molecule has 3 N–H and O–H groups in total. The van der Waals surface area contributed by atoms with Gasteiger partial charge in [0.1, 0.15) is 11.1 Å². The van der Waals surface area contributed by atoms with E-state index in [0.717, 1.165) is 0 Å². The Morgan fingerprint density at radius 1 is 1.35 bits per heavy atom. The summed E-state index contributed by atoms with van der Waals surface area (Å²) in [6, 6.07) is 0. The van der Waals surface area contributed by atoms with Crippen LogP contribution >= 0.6 is 0 Å². The average Bonchev–Trinajstić information content (AvgIpc) is 2.11. The van der Waals surface area contributed by atoms with Crippen LogP contribution in [0.5, 0.6) is 0 Å². The quantitative estimate of drug-likeness (QED) is 0.720. The van der Waals surface area contributed by atoms with Crippen molar-refractivity contribution in [3.8, 4) is 0 Å². The van der Waals surface area contributed by atoms with E-state index in [9.17, 15) is 9.59 Å². The maximum Gasteiger partial charge on any atom is 0.408 e. The summed E-state index contributed by atoms with van der Waals surface area (Å²) in [7, 11) is 0. The molecule has 0 aliphatic heterocycles. The fraction of sp³-hybridized carbons (Fsp3) is 0.667. The molecular formula is C12H22N2O3. The third-order valence-corrected chi connectivity index (χ3v) is 2.17. The number of rotatable bonds is 5. The van der Waals surface area contributed by atoms with Gasteiger partial charge in [-0.15, -0.1) is 6.58 Å². The lowest BCUT2D eigenvalue weighted by Gasteiger charge is -2.29. The molecule has 98 valence electrons. The van der Waals surface area contributed by atoms with Crippen LogP contribution in [0.1, 0.15) is 40.5 Å². The van der Waals surface area contributed by atoms with Gasteiger partial charge >= 0.3 is 6.09 Å². The molecule has 0 saturated carbocycles. The normalized spacial score (nSPS) is 14.6. The Balaban J connectivity index is 4.60. The fourth-order valence-electron chi connectivity index (χ4n) is 1.17. The van der Waals surface area contributed by atoms with Crippen LogP contribution in [0.2, 0.25) is 0 Å². The molecule has 1 unspecified atom stereocenters. The number of allylic oxidation sites excluding steroid dienone is 1. The van der Waals surface area contributed by atoms with Gasteiger partial charge < -0.3 is 15.8 Å². The molecule has 0 bridgehead atoms. The number of carbonyl (C=O) groups is 2. The molecule has 0 heterocycles. The van der Waals surface area contributed by atoms with Gasteiger partial charge in [0.05, 0.1) is 0 Å². The van der Waals surface area contributed by atoms with Crippen molar-refractivity contribution in [1.82, 2.24) is 5.32 Å². The van der Waals surface area contributed by atoms with Gasteiger partial charge in [0.2, 0.25) is 5.91 Å². The summed E-state index contributed by atoms with van der Waals surface area (Å²) in [6.07, 6.45) is 1.99. The Labute approximate surface area is 102 Å². The Morgan fingerprint density at radius 2 is 1.88 bits per heavy atom. The van der Waals surface area contributed by atoms with E-state index in [2.05, 4.69) is 11.9 Å². The Bertz CT molecular complexity index is 307. The van der Waals surface area contributed by atoms with Crippen LogP contribution in [0, 0.1) is 0 Å². The van der Waals surface area contributed by atoms with Gasteiger partial charge in [-0.25, -0.2) is 4.79 Å². The van der Waals surface area contributed by atoms with Crippen LogP contribution in [0.15, 0.2) is 12.7 Å². The Hall–Kier alpha value is -1.52. The summed E-state index contributed by atoms with van der Waals surface area (Å²) in [4.78, 5) is 22.9. The minimum absolute atomic E-state index is 0.394. The number of alkyl carbamates (subject to hydrolysis) is 1. The van der Waals surface area contributed by atoms with Gasteiger partial charge in [-0.2, -0.15) is 0 Å². The largest absolute Gasteiger partial charge is 0.444 e. The average molecular weight is 242 g/mol. The van der Waals surface area contributed by atoms with Crippen LogP contribution in [-0.2, 0) is 9.53 Å². The number of carbonyl (C=O) groups excluding carboxylic acids is 2. The standard InChI is InChI=1S/C12H22N2O3/c1-6-7-8-12(5,9(13)15)14-10(16)17-11(2,3)4/h6H,1,7-8H2,2-5H3,(H2,13,15)(H,14,16). The maximum absolute atomic E-state index is 11.6. The van der Waals surface area contributed by atoms with Crippen LogP contribution in [0.3, 0.4) is 0 Å². The van der Waals surface area contributed by atoms with Crippen LogP contribution in [-0.4, -0.2) is 23.1 Å². The summed E-state index contributed by atoms with van der Waals surface area (Å²) in [5.74, 6) is -0.592. The van der Waals surface area contributed by atoms with Crippen molar-refractivity contribution in [2.75, 3.05) is 0 Å². The van der Waals surface area contributed by atoms with Crippen molar-refractivity contribution in [3.63, 3.8) is 0 Å². The predicted molar refractivity (Wildman–Crippen MR) is 66.4 cm³/mol. The monoisotopic (exact) mass is 242 g/mol. The zero-order valence-corrected chi connectivity index (χ0v) is 11.0. The first kappa shape index (κ1) is 15.5. The van der Waals surface area contributed by atoms with Gasteiger partial charge in [-0.3, -0.25) is 4.79 Å². The van der Waals surface area contributed by atoms with Crippen LogP contribution in [0.4, 0.5) is 4.79 Å². The van der Waals surface area contributed by atoms with E-state index >= 15 is 0 Å². The lowest BCUT2D eigenvalue weighted by Crippen LogP contribution is -2.56. The summed E-state index contributed by atoms with van der Waals surface area (Å²) < 4.78 is 5.08. The molecule has 0 rings (SSSR count). The molecule has 5 heteroatoms. The van der Waals surface area contributed by atoms with Crippen molar-refractivity contribution in [2.45, 2.75) is 51.7 Å². The summed E-state index contributed by atoms with van der Waals surface area (Å²) in [6.45, 7) is 10.4. The van der Waals surface area contributed by atoms with E-state index in [4.69, 9.17) is 10.5 Å². The number of amides is 2. The topological polar surface area (TPSA) is 81.4 Å². The number of hydrogen-bond donors (Lipinski definition) is 2. The first-order valence-electron chi connectivity index (χ1n) is 5.53. The van der Waals surface area contributed by atoms with E-state index in [0.29, 0.717) is 12.8 Å². The van der Waals surface area contributed by atoms with Crippen molar-refractivity contribution >= 4 is 12.0 Å². The van der Waals surface area contributed by atoms with Crippen molar-refractivity contribution in [2.24, 2.45) is 5.73 Å². The van der Waals surface area contributed by atoms with Gasteiger partial charge in [0.25, 0.3) is 0 Å². The van der Waals surface area contributed by atoms with Gasteiger partial charge in [0, 0.05) is 0 Å². The molecule has 0 aromatic carbocycles. The van der Waals surface area contributed by atoms with E-state index in [1.54, 1.807) is 33.8 Å². The van der Waals surface area contributed by atoms with E-state index in [-0.39, 0.29) is 0 Å². The number of nitrogens with two attached hydrogens (primary N) is 1. The molecule has 17 heavy (non-hydrogen) atoms. The molecule has 1 atom stereocenters. The molecule has 5 nitrogen and oxygen atoms in total. The highest BCUT2D eigenvalue weighted by atomic mass is 16.6. The highest BCUT2D eigenvalue weighted by molar-refractivity contribution is 5.88. The molecule has 0 aliphatic carbocycles. The Kier molecular flexibility index (Phi) is 5.19. The van der Waals surface area contributed by atoms with Gasteiger partial charge in [0.15, 0.2) is 0 Å². The molecule has 0 spiro atoms. The van der Waals surface area contributed by atoms with Crippen molar-refractivity contribution < 1.29 is 14.3 Å². The van der Waals surface area contributed by atoms with Crippen molar-refractivity contribution in [3.05, 3.63) is 12.7 Å². The van der Waals surface area contributed by atoms with Gasteiger partial charge in [-0.1, -0.05) is 6.08 Å². The minimum Gasteiger partial charge on any atom is -0.444 e. The highest BCUT2D eigenvalue weighted by Crippen LogP contribution is 2.14. The zero-order chi connectivity index (χ0) is 13.7. The molecule has 0 saturated heterocycles. The van der Waals surface area contributed by atoms with Crippen LogP contribution in [0.25, 0.3) is 0 Å². The number of ether oxygens (including phenoxy) is 1. The third-order valence-electron chi connectivity index (χ3n) is 2.17. The number of nitrogens with one attached hydrogen (secondary N) is 1. The summed E-state index contributed by atoms with van der Waals surface area (Å²) >= 11 is 0. The molecule has 0 aromatic rings. The molecule has 0 fully saturated rings. The Morgan fingerprint density at radius 3 is 2.24 bits per heavy atom. The zero-order valence-electron chi connectivity index (χ0n) is 11.0. The van der Waals surface area contributed by atoms with Gasteiger partial charge in [-0.05, 0) is 40.5 Å². The number of primary amides is 1. The fourth-order valence-corrected chi connectivity index (χ4v) is 1.17. The summed E-state index contributed by atoms with van der Waals surface area (Å²) in [5, 5.41) is 2.50. The van der Waals surface area contributed by atoms with Crippen molar-refractivity contribution in [1.29, 1.82) is 0 Å². The van der Waals surface area contributed by atoms with E-state index in [1.165, 1.54) is 0 Å². The SMILES string of the molecule is C=CCCC(C)(NC(=O)OC(C)(C)C)C(N)=O. The molecular weight excluding hydrogens is 220 g/mol. The smallest absolute Gasteiger partial charge is 0.408 e. The maximum atomic E-state index is 11.6. The summed E-state index contributed by atoms with van der Waals surface area (Å²) in [5.41, 5.74) is 3.56. The highest BCUT2D eigenvalue weighted by Gasteiger charge is 2.33. The lowest BCUT2D eigenvalue weighted by atomic mass is 9.95. The second kappa shape index (κ2) is 5.70. The molecule has 0 aromatic heterocycles. The van der Waals surface area contributed by atoms with E-state index < -0.39 is 23.1 Å². The second-order valence-corrected chi connectivity index (χ2v) is 5.15. The first-order valence-corrected chi connectivity index (χ1v) is 5.53. The van der Waals surface area contributed by atoms with Crippen LogP contribution < -0.4 is 11.1 Å². The molecule has 2 amide bonds. The van der Waals surface area contributed by atoms with E-state index in [1.807, 2.05) is 0 Å². The predicted octanol–water partition coefficient (Wildman–Crippen LogP) is 1.72. The first-order chi connectivity index (χ1) is 7.60.